The van der Waals surface area contributed by atoms with Crippen LogP contribution in [0.4, 0.5) is 0 Å². The van der Waals surface area contributed by atoms with Crippen molar-refractivity contribution in [2.45, 2.75) is 51.5 Å². The molecule has 2 heterocycles. The molecule has 0 unspecified atom stereocenters. The highest BCUT2D eigenvalue weighted by molar-refractivity contribution is 5.99. The molecule has 1 atom stereocenters. The SMILES string of the molecule is CC1=CC2=C(CCCC2=O)N2CCCC[C@H]12. The van der Waals surface area contributed by atoms with Gasteiger partial charge in [0.1, 0.15) is 0 Å². The van der Waals surface area contributed by atoms with E-state index in [1.807, 2.05) is 0 Å². The third kappa shape index (κ3) is 1.43. The number of Topliss-reactive ketones (excluding diaryl/α,β-unsaturated/α-hetero) is 1. The smallest absolute Gasteiger partial charge is 0.164 e. The van der Waals surface area contributed by atoms with Gasteiger partial charge in [0.2, 0.25) is 0 Å². The molecule has 3 aliphatic rings. The standard InChI is InChI=1S/C14H19NO/c1-10-9-11-13(6-4-7-14(11)16)15-8-3-2-5-12(10)15/h9,12H,2-8H2,1H3/t12-/m1/s1. The quantitative estimate of drug-likeness (QED) is 0.622. The Balaban J connectivity index is 2.03. The zero-order chi connectivity index (χ0) is 11.1. The molecule has 16 heavy (non-hydrogen) atoms. The van der Waals surface area contributed by atoms with Crippen molar-refractivity contribution >= 4 is 5.78 Å². The number of carbonyl (C=O) groups excluding carboxylic acids is 1. The Kier molecular flexibility index (Phi) is 2.38. The average Bonchev–Trinajstić information content (AvgIpc) is 2.31. The lowest BCUT2D eigenvalue weighted by Gasteiger charge is -2.44. The summed E-state index contributed by atoms with van der Waals surface area (Å²) >= 11 is 0. The van der Waals surface area contributed by atoms with Gasteiger partial charge in [-0.25, -0.2) is 0 Å². The Morgan fingerprint density at radius 2 is 2.12 bits per heavy atom. The van der Waals surface area contributed by atoms with Crippen LogP contribution in [0.1, 0.15) is 45.4 Å². The van der Waals surface area contributed by atoms with Crippen LogP contribution >= 0.6 is 0 Å². The van der Waals surface area contributed by atoms with Crippen molar-refractivity contribution in [1.82, 2.24) is 4.90 Å². The normalized spacial score (nSPS) is 29.8. The van der Waals surface area contributed by atoms with Crippen LogP contribution in [0.25, 0.3) is 0 Å². The third-order valence-corrected chi connectivity index (χ3v) is 4.18. The summed E-state index contributed by atoms with van der Waals surface area (Å²) in [6.07, 6.45) is 8.98. The molecule has 0 radical (unpaired) electrons. The molecule has 0 aromatic carbocycles. The van der Waals surface area contributed by atoms with E-state index in [4.69, 9.17) is 0 Å². The lowest BCUT2D eigenvalue weighted by Crippen LogP contribution is -2.43. The fourth-order valence-corrected chi connectivity index (χ4v) is 3.36. The van der Waals surface area contributed by atoms with Crippen molar-refractivity contribution in [3.63, 3.8) is 0 Å². The Bertz CT molecular complexity index is 392. The molecule has 86 valence electrons. The Morgan fingerprint density at radius 1 is 1.25 bits per heavy atom. The molecule has 0 amide bonds. The van der Waals surface area contributed by atoms with Gasteiger partial charge in [-0.05, 0) is 45.1 Å². The fourth-order valence-electron chi connectivity index (χ4n) is 3.36. The molecular weight excluding hydrogens is 198 g/mol. The zero-order valence-electron chi connectivity index (χ0n) is 9.96. The summed E-state index contributed by atoms with van der Waals surface area (Å²) in [5.74, 6) is 0.365. The predicted molar refractivity (Wildman–Crippen MR) is 64.0 cm³/mol. The van der Waals surface area contributed by atoms with E-state index in [2.05, 4.69) is 17.9 Å². The number of carbonyl (C=O) groups is 1. The highest BCUT2D eigenvalue weighted by atomic mass is 16.1. The Hall–Kier alpha value is -1.05. The first-order chi connectivity index (χ1) is 7.77. The van der Waals surface area contributed by atoms with E-state index in [1.54, 1.807) is 0 Å². The van der Waals surface area contributed by atoms with Gasteiger partial charge in [-0.1, -0.05) is 5.57 Å². The van der Waals surface area contributed by atoms with E-state index >= 15 is 0 Å². The molecule has 0 spiro atoms. The van der Waals surface area contributed by atoms with E-state index in [0.717, 1.165) is 31.4 Å². The summed E-state index contributed by atoms with van der Waals surface area (Å²) in [5.41, 5.74) is 3.78. The van der Waals surface area contributed by atoms with Gasteiger partial charge in [-0.2, -0.15) is 0 Å². The lowest BCUT2D eigenvalue weighted by atomic mass is 9.84. The van der Waals surface area contributed by atoms with Crippen molar-refractivity contribution in [1.29, 1.82) is 0 Å². The molecular formula is C14H19NO. The van der Waals surface area contributed by atoms with Gasteiger partial charge in [-0.3, -0.25) is 4.79 Å². The molecule has 1 aliphatic carbocycles. The number of ketones is 1. The van der Waals surface area contributed by atoms with Gasteiger partial charge in [0.25, 0.3) is 0 Å². The molecule has 0 bridgehead atoms. The molecule has 1 fully saturated rings. The van der Waals surface area contributed by atoms with E-state index in [-0.39, 0.29) is 0 Å². The van der Waals surface area contributed by atoms with Crippen molar-refractivity contribution in [2.75, 3.05) is 6.54 Å². The third-order valence-electron chi connectivity index (χ3n) is 4.18. The minimum absolute atomic E-state index is 0.365. The predicted octanol–water partition coefficient (Wildman–Crippen LogP) is 2.81. The van der Waals surface area contributed by atoms with Gasteiger partial charge in [0.15, 0.2) is 5.78 Å². The van der Waals surface area contributed by atoms with Gasteiger partial charge in [-0.15, -0.1) is 0 Å². The zero-order valence-corrected chi connectivity index (χ0v) is 9.96. The second-order valence-electron chi connectivity index (χ2n) is 5.23. The molecule has 2 aliphatic heterocycles. The van der Waals surface area contributed by atoms with Gasteiger partial charge >= 0.3 is 0 Å². The molecule has 0 N–H and O–H groups in total. The van der Waals surface area contributed by atoms with Gasteiger partial charge in [0.05, 0.1) is 0 Å². The van der Waals surface area contributed by atoms with Crippen LogP contribution in [0.5, 0.6) is 0 Å². The first-order valence-electron chi connectivity index (χ1n) is 6.48. The van der Waals surface area contributed by atoms with Crippen LogP contribution in [-0.4, -0.2) is 23.3 Å². The van der Waals surface area contributed by atoms with Gasteiger partial charge < -0.3 is 4.90 Å². The van der Waals surface area contributed by atoms with E-state index in [0.29, 0.717) is 11.8 Å². The maximum Gasteiger partial charge on any atom is 0.164 e. The molecule has 0 aromatic heterocycles. The summed E-state index contributed by atoms with van der Waals surface area (Å²) in [6.45, 7) is 3.34. The van der Waals surface area contributed by atoms with Crippen molar-refractivity contribution in [3.8, 4) is 0 Å². The minimum atomic E-state index is 0.365. The van der Waals surface area contributed by atoms with E-state index < -0.39 is 0 Å². The lowest BCUT2D eigenvalue weighted by molar-refractivity contribution is -0.116. The van der Waals surface area contributed by atoms with Crippen LogP contribution in [0.2, 0.25) is 0 Å². The number of rotatable bonds is 0. The molecule has 2 heteroatoms. The van der Waals surface area contributed by atoms with Crippen molar-refractivity contribution < 1.29 is 4.79 Å². The molecule has 1 saturated heterocycles. The topological polar surface area (TPSA) is 20.3 Å². The summed E-state index contributed by atoms with van der Waals surface area (Å²) in [6, 6.07) is 0.596. The molecule has 3 rings (SSSR count). The minimum Gasteiger partial charge on any atom is -0.368 e. The number of hydrogen-bond acceptors (Lipinski definition) is 2. The number of fused-ring (bicyclic) bond motifs is 2. The summed E-state index contributed by atoms with van der Waals surface area (Å²) in [4.78, 5) is 14.4. The Morgan fingerprint density at radius 3 is 3.00 bits per heavy atom. The van der Waals surface area contributed by atoms with Crippen molar-refractivity contribution in [2.24, 2.45) is 0 Å². The first-order valence-corrected chi connectivity index (χ1v) is 6.48. The van der Waals surface area contributed by atoms with Crippen LogP contribution in [0, 0.1) is 0 Å². The number of allylic oxidation sites excluding steroid dienone is 3. The van der Waals surface area contributed by atoms with Crippen LogP contribution < -0.4 is 0 Å². The highest BCUT2D eigenvalue weighted by Gasteiger charge is 2.33. The number of piperidine rings is 1. The largest absolute Gasteiger partial charge is 0.368 e. The average molecular weight is 217 g/mol. The fraction of sp³-hybridized carbons (Fsp3) is 0.643. The number of hydrogen-bond donors (Lipinski definition) is 0. The maximum absolute atomic E-state index is 11.9. The van der Waals surface area contributed by atoms with E-state index in [1.165, 1.54) is 30.5 Å². The first kappa shape index (κ1) is 10.1. The van der Waals surface area contributed by atoms with Gasteiger partial charge in [0, 0.05) is 30.3 Å². The van der Waals surface area contributed by atoms with Crippen LogP contribution in [0.15, 0.2) is 22.9 Å². The molecule has 2 nitrogen and oxygen atoms in total. The number of nitrogens with zero attached hydrogens (tertiary/aromatic N) is 1. The summed E-state index contributed by atoms with van der Waals surface area (Å²) in [5, 5.41) is 0. The monoisotopic (exact) mass is 217 g/mol. The van der Waals surface area contributed by atoms with E-state index in [9.17, 15) is 4.79 Å². The maximum atomic E-state index is 11.9. The second-order valence-corrected chi connectivity index (χ2v) is 5.23. The molecule has 0 aromatic rings. The van der Waals surface area contributed by atoms with Crippen LogP contribution in [-0.2, 0) is 4.79 Å². The van der Waals surface area contributed by atoms with Crippen LogP contribution in [0.3, 0.4) is 0 Å². The Labute approximate surface area is 97.0 Å². The van der Waals surface area contributed by atoms with Crippen molar-refractivity contribution in [3.05, 3.63) is 22.9 Å². The summed E-state index contributed by atoms with van der Waals surface area (Å²) in [7, 11) is 0. The highest BCUT2D eigenvalue weighted by Crippen LogP contribution is 2.37. The summed E-state index contributed by atoms with van der Waals surface area (Å²) < 4.78 is 0. The molecule has 0 saturated carbocycles. The second kappa shape index (κ2) is 3.76.